The van der Waals surface area contributed by atoms with Gasteiger partial charge < -0.3 is 9.63 Å². The summed E-state index contributed by atoms with van der Waals surface area (Å²) in [6, 6.07) is 22.9. The second kappa shape index (κ2) is 13.8. The van der Waals surface area contributed by atoms with Crippen LogP contribution in [-0.2, 0) is 29.4 Å². The van der Waals surface area contributed by atoms with Crippen molar-refractivity contribution in [2.75, 3.05) is 11.3 Å². The van der Waals surface area contributed by atoms with E-state index in [-0.39, 0.29) is 16.6 Å². The zero-order valence-electron chi connectivity index (χ0n) is 29.4. The molecule has 0 aliphatic carbocycles. The van der Waals surface area contributed by atoms with Crippen LogP contribution < -0.4 is 4.72 Å². The van der Waals surface area contributed by atoms with Crippen molar-refractivity contribution in [3.05, 3.63) is 121 Å². The minimum atomic E-state index is -3.98. The molecule has 12 heteroatoms. The van der Waals surface area contributed by atoms with Gasteiger partial charge in [-0.25, -0.2) is 8.42 Å². The fraction of sp³-hybridized carbons (Fsp3) is 0.256. The van der Waals surface area contributed by atoms with Gasteiger partial charge in [0.2, 0.25) is 0 Å². The van der Waals surface area contributed by atoms with E-state index in [1.54, 1.807) is 25.2 Å². The van der Waals surface area contributed by atoms with E-state index in [1.165, 1.54) is 27.3 Å². The number of benzene rings is 2. The maximum Gasteiger partial charge on any atom is 0.273 e. The predicted octanol–water partition coefficient (Wildman–Crippen LogP) is 8.70. The maximum atomic E-state index is 13.7. The number of nitrogens with zero attached hydrogens (tertiary/aromatic N) is 4. The van der Waals surface area contributed by atoms with Gasteiger partial charge in [0.1, 0.15) is 9.97 Å². The molecule has 2 N–H and O–H groups in total. The van der Waals surface area contributed by atoms with Gasteiger partial charge in [0.15, 0.2) is 5.82 Å². The lowest BCUT2D eigenvalue weighted by Crippen LogP contribution is -2.13. The summed E-state index contributed by atoms with van der Waals surface area (Å²) >= 11 is 2.93. The molecule has 0 amide bonds. The lowest BCUT2D eigenvalue weighted by molar-refractivity contribution is 0.299. The van der Waals surface area contributed by atoms with Gasteiger partial charge in [-0.2, -0.15) is 5.10 Å². The molecule has 0 bridgehead atoms. The number of anilines is 1. The van der Waals surface area contributed by atoms with Gasteiger partial charge in [0.05, 0.1) is 33.7 Å². The minimum Gasteiger partial charge on any atom is -0.396 e. The summed E-state index contributed by atoms with van der Waals surface area (Å²) in [6.07, 6.45) is 1.06. The highest BCUT2D eigenvalue weighted by atomic mass is 32.2. The van der Waals surface area contributed by atoms with E-state index >= 15 is 0 Å². The van der Waals surface area contributed by atoms with Crippen molar-refractivity contribution in [2.24, 2.45) is 0 Å². The fourth-order valence-corrected chi connectivity index (χ4v) is 9.94. The molecule has 7 aromatic rings. The molecule has 0 unspecified atom stereocenters. The smallest absolute Gasteiger partial charge is 0.273 e. The third-order valence-corrected chi connectivity index (χ3v) is 13.0. The van der Waals surface area contributed by atoms with Crippen molar-refractivity contribution < 1.29 is 18.0 Å². The van der Waals surface area contributed by atoms with Crippen LogP contribution in [0.2, 0.25) is 0 Å². The standard InChI is InChI=1S/C39H39N5O4S3/c1-22-7-10-28(11-8-22)19-31-20-34-36(37(40-31)35-14-9-23(2)49-35)26(5)41-44(34)21-29-12-13-32(30(18-29)15-16-45)33-17-24(3)50-39(33)51(46,47)43-38-25(4)27(6)48-42-38/h7-14,17-18,20,45H,15-16,19,21H2,1-6H3,(H,42,43). The number of rotatable bonds is 11. The van der Waals surface area contributed by atoms with E-state index < -0.39 is 10.0 Å². The topological polar surface area (TPSA) is 123 Å². The number of aryl methyl sites for hydroxylation is 5. The Hall–Kier alpha value is -4.62. The van der Waals surface area contributed by atoms with Crippen LogP contribution >= 0.6 is 22.7 Å². The lowest BCUT2D eigenvalue weighted by Gasteiger charge is -2.14. The van der Waals surface area contributed by atoms with E-state index in [2.05, 4.69) is 66.2 Å². The van der Waals surface area contributed by atoms with Crippen LogP contribution in [0.25, 0.3) is 32.6 Å². The average Bonchev–Trinajstić information content (AvgIpc) is 3.86. The Kier molecular flexibility index (Phi) is 9.44. The van der Waals surface area contributed by atoms with Crippen LogP contribution in [0.1, 0.15) is 54.7 Å². The molecule has 0 radical (unpaired) electrons. The SMILES string of the molecule is Cc1ccc(Cc2cc3c(c(C)nn3Cc3ccc(-c4cc(C)sc4S(=O)(=O)Nc4noc(C)c4C)c(CCO)c3)c(-c3ccc(C)s3)n2)cc1. The number of pyridine rings is 1. The van der Waals surface area contributed by atoms with Crippen molar-refractivity contribution in [3.63, 3.8) is 0 Å². The third-order valence-electron chi connectivity index (χ3n) is 9.07. The number of aliphatic hydroxyl groups is 1. The molecule has 0 spiro atoms. The molecular weight excluding hydrogens is 699 g/mol. The molecule has 7 rings (SSSR count). The third kappa shape index (κ3) is 7.01. The first-order chi connectivity index (χ1) is 24.4. The second-order valence-corrected chi connectivity index (χ2v) is 17.4. The number of fused-ring (bicyclic) bond motifs is 1. The number of hydrogen-bond donors (Lipinski definition) is 2. The summed E-state index contributed by atoms with van der Waals surface area (Å²) in [6.45, 7) is 12.0. The highest BCUT2D eigenvalue weighted by Gasteiger charge is 2.27. The van der Waals surface area contributed by atoms with E-state index in [1.807, 2.05) is 42.8 Å². The van der Waals surface area contributed by atoms with Crippen molar-refractivity contribution in [1.29, 1.82) is 0 Å². The van der Waals surface area contributed by atoms with E-state index in [0.29, 0.717) is 36.3 Å². The molecule has 5 heterocycles. The largest absolute Gasteiger partial charge is 0.396 e. The molecule has 51 heavy (non-hydrogen) atoms. The number of sulfonamides is 1. The Bertz CT molecular complexity index is 2510. The summed E-state index contributed by atoms with van der Waals surface area (Å²) in [4.78, 5) is 8.38. The zero-order valence-corrected chi connectivity index (χ0v) is 31.8. The molecule has 9 nitrogen and oxygen atoms in total. The van der Waals surface area contributed by atoms with Crippen LogP contribution in [0.5, 0.6) is 0 Å². The van der Waals surface area contributed by atoms with Gasteiger partial charge in [0, 0.05) is 39.6 Å². The quantitative estimate of drug-likeness (QED) is 0.136. The van der Waals surface area contributed by atoms with Gasteiger partial charge >= 0.3 is 0 Å². The van der Waals surface area contributed by atoms with Crippen LogP contribution in [0, 0.1) is 41.5 Å². The molecule has 0 aliphatic rings. The number of hydrogen-bond acceptors (Lipinski definition) is 9. The van der Waals surface area contributed by atoms with Gasteiger partial charge in [-0.05, 0) is 94.5 Å². The number of aliphatic hydroxyl groups excluding tert-OH is 1. The normalized spacial score (nSPS) is 11.9. The molecule has 0 aliphatic heterocycles. The molecule has 5 aromatic heterocycles. The van der Waals surface area contributed by atoms with Gasteiger partial charge in [-0.1, -0.05) is 53.2 Å². The van der Waals surface area contributed by atoms with Crippen LogP contribution in [0.15, 0.2) is 75.5 Å². The second-order valence-electron chi connectivity index (χ2n) is 13.0. The number of nitrogens with one attached hydrogen (secondary N) is 1. The average molecular weight is 738 g/mol. The Balaban J connectivity index is 1.28. The van der Waals surface area contributed by atoms with Crippen molar-refractivity contribution >= 4 is 49.4 Å². The maximum absolute atomic E-state index is 13.7. The monoisotopic (exact) mass is 737 g/mol. The predicted molar refractivity (Wildman–Crippen MR) is 205 cm³/mol. The summed E-state index contributed by atoms with van der Waals surface area (Å²) in [5.74, 6) is 0.722. The van der Waals surface area contributed by atoms with Crippen LogP contribution in [0.3, 0.4) is 0 Å². The first kappa shape index (κ1) is 34.8. The highest BCUT2D eigenvalue weighted by molar-refractivity contribution is 7.94. The molecular formula is C39H39N5O4S3. The van der Waals surface area contributed by atoms with Crippen molar-refractivity contribution in [3.8, 4) is 21.7 Å². The molecule has 0 saturated heterocycles. The van der Waals surface area contributed by atoms with Gasteiger partial charge in [-0.3, -0.25) is 14.4 Å². The number of aromatic nitrogens is 4. The highest BCUT2D eigenvalue weighted by Crippen LogP contribution is 2.39. The van der Waals surface area contributed by atoms with Crippen molar-refractivity contribution in [2.45, 2.75) is 65.1 Å². The Morgan fingerprint density at radius 1 is 0.863 bits per heavy atom. The summed E-state index contributed by atoms with van der Waals surface area (Å²) in [7, 11) is -3.98. The first-order valence-electron chi connectivity index (χ1n) is 16.7. The molecule has 0 atom stereocenters. The van der Waals surface area contributed by atoms with E-state index in [9.17, 15) is 13.5 Å². The van der Waals surface area contributed by atoms with Crippen LogP contribution in [-0.4, -0.2) is 40.1 Å². The fourth-order valence-electron chi connectivity index (χ4n) is 6.37. The van der Waals surface area contributed by atoms with Crippen molar-refractivity contribution in [1.82, 2.24) is 19.9 Å². The molecule has 2 aromatic carbocycles. The van der Waals surface area contributed by atoms with E-state index in [0.717, 1.165) is 54.4 Å². The van der Waals surface area contributed by atoms with Crippen LogP contribution in [0.4, 0.5) is 5.82 Å². The lowest BCUT2D eigenvalue weighted by atomic mass is 9.97. The van der Waals surface area contributed by atoms with E-state index in [4.69, 9.17) is 14.6 Å². The minimum absolute atomic E-state index is 0.0846. The van der Waals surface area contributed by atoms with Gasteiger partial charge in [0.25, 0.3) is 10.0 Å². The number of thiophene rings is 2. The zero-order chi connectivity index (χ0) is 36.0. The molecule has 0 saturated carbocycles. The Morgan fingerprint density at radius 2 is 1.63 bits per heavy atom. The molecule has 0 fully saturated rings. The Labute approximate surface area is 305 Å². The van der Waals surface area contributed by atoms with Gasteiger partial charge in [-0.15, -0.1) is 22.7 Å². The first-order valence-corrected chi connectivity index (χ1v) is 19.8. The summed E-state index contributed by atoms with van der Waals surface area (Å²) in [5.41, 5.74) is 10.0. The Morgan fingerprint density at radius 3 is 2.31 bits per heavy atom. The summed E-state index contributed by atoms with van der Waals surface area (Å²) < 4.78 is 37.5. The molecule has 262 valence electrons. The summed E-state index contributed by atoms with van der Waals surface area (Å²) in [5, 5.41) is 20.1.